The van der Waals surface area contributed by atoms with Gasteiger partial charge in [-0.1, -0.05) is 24.3 Å². The van der Waals surface area contributed by atoms with Gasteiger partial charge in [-0.3, -0.25) is 0 Å². The van der Waals surface area contributed by atoms with Gasteiger partial charge in [0.15, 0.2) is 0 Å². The standard InChI is InChI=1S/C17H18O4/c1-10(16(18)20-3)14-9-15(11(2)17(19)21-4)13-8-6-5-7-12(13)14/h5-8H,9H2,1-4H3/b14-10+,15-11+. The molecule has 0 aliphatic heterocycles. The third kappa shape index (κ3) is 2.61. The second-order valence-electron chi connectivity index (χ2n) is 4.91. The van der Waals surface area contributed by atoms with Crippen molar-refractivity contribution < 1.29 is 19.1 Å². The van der Waals surface area contributed by atoms with Gasteiger partial charge in [-0.2, -0.15) is 0 Å². The van der Waals surface area contributed by atoms with Crippen molar-refractivity contribution in [2.75, 3.05) is 14.2 Å². The molecule has 0 saturated carbocycles. The summed E-state index contributed by atoms with van der Waals surface area (Å²) in [5.41, 5.74) is 4.87. The third-order valence-corrected chi connectivity index (χ3v) is 3.82. The predicted octanol–water partition coefficient (Wildman–Crippen LogP) is 2.98. The summed E-state index contributed by atoms with van der Waals surface area (Å²) < 4.78 is 9.60. The molecule has 0 radical (unpaired) electrons. The van der Waals surface area contributed by atoms with Crippen LogP contribution in [-0.4, -0.2) is 26.2 Å². The molecule has 0 spiro atoms. The van der Waals surface area contributed by atoms with Crippen LogP contribution in [0.15, 0.2) is 35.4 Å². The Labute approximate surface area is 124 Å². The number of hydrogen-bond donors (Lipinski definition) is 0. The lowest BCUT2D eigenvalue weighted by Gasteiger charge is -2.05. The molecule has 0 N–H and O–H groups in total. The first-order chi connectivity index (χ1) is 10.0. The molecule has 0 amide bonds. The highest BCUT2D eigenvalue weighted by Gasteiger charge is 2.27. The zero-order valence-electron chi connectivity index (χ0n) is 12.6. The summed E-state index contributed by atoms with van der Waals surface area (Å²) in [5, 5.41) is 0. The maximum atomic E-state index is 11.8. The first kappa shape index (κ1) is 15.0. The Kier molecular flexibility index (Phi) is 4.26. The van der Waals surface area contributed by atoms with E-state index in [0.29, 0.717) is 17.6 Å². The largest absolute Gasteiger partial charge is 0.466 e. The van der Waals surface area contributed by atoms with E-state index in [1.807, 2.05) is 24.3 Å². The van der Waals surface area contributed by atoms with E-state index < -0.39 is 0 Å². The van der Waals surface area contributed by atoms with Crippen molar-refractivity contribution in [3.05, 3.63) is 46.5 Å². The normalized spacial score (nSPS) is 17.9. The molecule has 110 valence electrons. The number of carbonyl (C=O) groups excluding carboxylic acids is 2. The van der Waals surface area contributed by atoms with Gasteiger partial charge >= 0.3 is 11.9 Å². The van der Waals surface area contributed by atoms with Crippen LogP contribution in [0.3, 0.4) is 0 Å². The highest BCUT2D eigenvalue weighted by Crippen LogP contribution is 2.43. The van der Waals surface area contributed by atoms with E-state index in [1.54, 1.807) is 13.8 Å². The highest BCUT2D eigenvalue weighted by molar-refractivity contribution is 6.08. The van der Waals surface area contributed by atoms with E-state index >= 15 is 0 Å². The van der Waals surface area contributed by atoms with Crippen LogP contribution in [0, 0.1) is 0 Å². The smallest absolute Gasteiger partial charge is 0.333 e. The number of rotatable bonds is 2. The fraction of sp³-hybridized carbons (Fsp3) is 0.294. The summed E-state index contributed by atoms with van der Waals surface area (Å²) in [7, 11) is 2.73. The van der Waals surface area contributed by atoms with Crippen LogP contribution in [0.2, 0.25) is 0 Å². The maximum absolute atomic E-state index is 11.8. The van der Waals surface area contributed by atoms with Gasteiger partial charge in [0.25, 0.3) is 0 Å². The van der Waals surface area contributed by atoms with Gasteiger partial charge < -0.3 is 9.47 Å². The van der Waals surface area contributed by atoms with Crippen LogP contribution in [-0.2, 0) is 19.1 Å². The lowest BCUT2D eigenvalue weighted by molar-refractivity contribution is -0.136. The Balaban J connectivity index is 2.64. The van der Waals surface area contributed by atoms with Gasteiger partial charge in [0, 0.05) is 11.1 Å². The van der Waals surface area contributed by atoms with Crippen LogP contribution >= 0.6 is 0 Å². The van der Waals surface area contributed by atoms with Gasteiger partial charge in [-0.15, -0.1) is 0 Å². The molecule has 1 aliphatic carbocycles. The van der Waals surface area contributed by atoms with E-state index in [4.69, 9.17) is 9.47 Å². The summed E-state index contributed by atoms with van der Waals surface area (Å²) in [6, 6.07) is 7.74. The molecule has 0 fully saturated rings. The Morgan fingerprint density at radius 3 is 1.57 bits per heavy atom. The van der Waals surface area contributed by atoms with Gasteiger partial charge in [-0.25, -0.2) is 9.59 Å². The lowest BCUT2D eigenvalue weighted by Crippen LogP contribution is -2.04. The second kappa shape index (κ2) is 5.95. The molecular weight excluding hydrogens is 268 g/mol. The molecule has 21 heavy (non-hydrogen) atoms. The van der Waals surface area contributed by atoms with Crippen LogP contribution in [0.25, 0.3) is 11.1 Å². The van der Waals surface area contributed by atoms with Crippen molar-refractivity contribution in [3.63, 3.8) is 0 Å². The molecule has 1 aromatic carbocycles. The second-order valence-corrected chi connectivity index (χ2v) is 4.91. The summed E-state index contributed by atoms with van der Waals surface area (Å²) >= 11 is 0. The summed E-state index contributed by atoms with van der Waals surface area (Å²) in [4.78, 5) is 23.6. The number of hydrogen-bond acceptors (Lipinski definition) is 4. The highest BCUT2D eigenvalue weighted by atomic mass is 16.5. The molecule has 1 aromatic rings. The molecule has 0 aromatic heterocycles. The van der Waals surface area contributed by atoms with Crippen molar-refractivity contribution >= 4 is 23.1 Å². The zero-order chi connectivity index (χ0) is 15.6. The minimum absolute atomic E-state index is 0.350. The average molecular weight is 286 g/mol. The van der Waals surface area contributed by atoms with Crippen LogP contribution < -0.4 is 0 Å². The first-order valence-electron chi connectivity index (χ1n) is 6.67. The summed E-state index contributed by atoms with van der Waals surface area (Å²) in [6.07, 6.45) is 0.529. The summed E-state index contributed by atoms with van der Waals surface area (Å²) in [6.45, 7) is 3.49. The van der Waals surface area contributed by atoms with E-state index in [2.05, 4.69) is 0 Å². The fourth-order valence-electron chi connectivity index (χ4n) is 2.60. The molecule has 4 nitrogen and oxygen atoms in total. The van der Waals surface area contributed by atoms with Crippen molar-refractivity contribution in [3.8, 4) is 0 Å². The Bertz CT molecular complexity index is 608. The molecule has 1 aliphatic rings. The van der Waals surface area contributed by atoms with E-state index in [0.717, 1.165) is 22.3 Å². The summed E-state index contributed by atoms with van der Waals surface area (Å²) in [5.74, 6) is -0.700. The number of allylic oxidation sites excluding steroid dienone is 2. The molecule has 2 rings (SSSR count). The first-order valence-corrected chi connectivity index (χ1v) is 6.67. The Hall–Kier alpha value is -2.36. The zero-order valence-corrected chi connectivity index (χ0v) is 12.6. The van der Waals surface area contributed by atoms with E-state index in [1.165, 1.54) is 14.2 Å². The minimum atomic E-state index is -0.350. The molecule has 4 heteroatoms. The SMILES string of the molecule is COC(=O)/C(C)=C1\C/C(=C(/C)C(=O)OC)c2ccccc21. The van der Waals surface area contributed by atoms with E-state index in [9.17, 15) is 9.59 Å². The van der Waals surface area contributed by atoms with Crippen LogP contribution in [0.5, 0.6) is 0 Å². The quantitative estimate of drug-likeness (QED) is 0.619. The maximum Gasteiger partial charge on any atom is 0.333 e. The average Bonchev–Trinajstić information content (AvgIpc) is 2.91. The van der Waals surface area contributed by atoms with Crippen molar-refractivity contribution in [1.29, 1.82) is 0 Å². The molecule has 0 atom stereocenters. The number of benzene rings is 1. The Morgan fingerprint density at radius 2 is 1.24 bits per heavy atom. The molecule has 0 unspecified atom stereocenters. The van der Waals surface area contributed by atoms with Gasteiger partial charge in [0.2, 0.25) is 0 Å². The monoisotopic (exact) mass is 286 g/mol. The minimum Gasteiger partial charge on any atom is -0.466 e. The Morgan fingerprint density at radius 1 is 0.857 bits per heavy atom. The fourth-order valence-corrected chi connectivity index (χ4v) is 2.60. The van der Waals surface area contributed by atoms with Gasteiger partial charge in [0.1, 0.15) is 0 Å². The topological polar surface area (TPSA) is 52.6 Å². The van der Waals surface area contributed by atoms with E-state index in [-0.39, 0.29) is 11.9 Å². The number of fused-ring (bicyclic) bond motifs is 1. The molecule has 0 saturated heterocycles. The van der Waals surface area contributed by atoms with Crippen molar-refractivity contribution in [2.45, 2.75) is 20.3 Å². The molecule has 0 heterocycles. The number of carbonyl (C=O) groups is 2. The van der Waals surface area contributed by atoms with Crippen molar-refractivity contribution in [2.24, 2.45) is 0 Å². The van der Waals surface area contributed by atoms with Gasteiger partial charge in [0.05, 0.1) is 14.2 Å². The van der Waals surface area contributed by atoms with Gasteiger partial charge in [-0.05, 0) is 42.5 Å². The van der Waals surface area contributed by atoms with Crippen LogP contribution in [0.1, 0.15) is 31.4 Å². The lowest BCUT2D eigenvalue weighted by atomic mass is 10.0. The van der Waals surface area contributed by atoms with Crippen LogP contribution in [0.4, 0.5) is 0 Å². The number of esters is 2. The third-order valence-electron chi connectivity index (χ3n) is 3.82. The number of ether oxygens (including phenoxy) is 2. The molecule has 0 bridgehead atoms. The number of methoxy groups -OCH3 is 2. The predicted molar refractivity (Wildman–Crippen MR) is 80.3 cm³/mol. The van der Waals surface area contributed by atoms with Crippen molar-refractivity contribution in [1.82, 2.24) is 0 Å². The molecular formula is C17H18O4.